The maximum Gasteiger partial charge on any atom is 0.407 e. The Hall–Kier alpha value is -2.40. The smallest absolute Gasteiger partial charge is 0.407 e. The van der Waals surface area contributed by atoms with Crippen molar-refractivity contribution >= 4 is 23.8 Å². The Morgan fingerprint density at radius 1 is 0.951 bits per heavy atom. The van der Waals surface area contributed by atoms with E-state index in [0.29, 0.717) is 19.5 Å². The second-order valence-electron chi connectivity index (χ2n) is 12.7. The minimum atomic E-state index is -0.750. The molecule has 0 aliphatic rings. The summed E-state index contributed by atoms with van der Waals surface area (Å²) >= 11 is 0. The average Bonchev–Trinajstić information content (AvgIpc) is 2.86. The first kappa shape index (κ1) is 38.6. The normalized spacial score (nSPS) is 15.6. The summed E-state index contributed by atoms with van der Waals surface area (Å²) in [6.45, 7) is 18.2. The molecule has 0 fully saturated rings. The summed E-state index contributed by atoms with van der Waals surface area (Å²) in [6, 6.07) is -1.57. The van der Waals surface area contributed by atoms with E-state index in [4.69, 9.17) is 9.47 Å². The van der Waals surface area contributed by atoms with E-state index in [9.17, 15) is 19.2 Å². The van der Waals surface area contributed by atoms with E-state index in [-0.39, 0.29) is 47.9 Å². The van der Waals surface area contributed by atoms with Gasteiger partial charge in [-0.3, -0.25) is 19.3 Å². The summed E-state index contributed by atoms with van der Waals surface area (Å²) < 4.78 is 11.0. The van der Waals surface area contributed by atoms with Gasteiger partial charge in [-0.05, 0) is 52.0 Å². The molecule has 0 saturated carbocycles. The first-order valence-electron chi connectivity index (χ1n) is 14.9. The number of alkyl carbamates (subject to hydrolysis) is 1. The van der Waals surface area contributed by atoms with Crippen molar-refractivity contribution in [3.05, 3.63) is 0 Å². The molecule has 0 radical (unpaired) electrons. The molecule has 4 unspecified atom stereocenters. The van der Waals surface area contributed by atoms with Gasteiger partial charge in [0.2, 0.25) is 17.7 Å². The number of carbonyl (C=O) groups is 4. The maximum absolute atomic E-state index is 13.9. The lowest BCUT2D eigenvalue weighted by molar-refractivity contribution is -0.144. The van der Waals surface area contributed by atoms with Crippen LogP contribution in [0.15, 0.2) is 0 Å². The third-order valence-corrected chi connectivity index (χ3v) is 7.33. The lowest BCUT2D eigenvalue weighted by Crippen LogP contribution is -2.60. The number of hydrogen-bond donors (Lipinski definition) is 3. The van der Waals surface area contributed by atoms with Crippen LogP contribution in [-0.2, 0) is 23.9 Å². The zero-order chi connectivity index (χ0) is 32.1. The van der Waals surface area contributed by atoms with E-state index >= 15 is 0 Å². The number of hydrogen-bond acceptors (Lipinski definition) is 7. The molecule has 4 amide bonds. The number of likely N-dealkylation sites (N-methyl/N-ethyl adjacent to an activating group) is 2. The van der Waals surface area contributed by atoms with Gasteiger partial charge in [-0.25, -0.2) is 4.79 Å². The molecule has 3 N–H and O–H groups in total. The number of methoxy groups -OCH3 is 1. The second-order valence-corrected chi connectivity index (χ2v) is 12.7. The maximum atomic E-state index is 13.9. The Morgan fingerprint density at radius 2 is 1.54 bits per heavy atom. The molecule has 41 heavy (non-hydrogen) atoms. The van der Waals surface area contributed by atoms with Gasteiger partial charge in [0.1, 0.15) is 11.6 Å². The van der Waals surface area contributed by atoms with E-state index in [1.165, 1.54) is 0 Å². The standard InChI is InChI=1S/C30H59N5O6/c1-14-21(6)26(22(40-13)18-23(36)31-10)35(12)28(38)24(19(2)3)33-27(37)25(20(4)5)34(11)17-15-16-32-29(39)41-30(7,8)9/h19-22,24-26H,14-18H2,1-13H3,(H,31,36)(H,32,39)(H,33,37)/t21?,22?,24-,25?,26?/m0/s1. The fourth-order valence-electron chi connectivity index (χ4n) is 4.97. The quantitative estimate of drug-likeness (QED) is 0.224. The minimum absolute atomic E-state index is 0.0160. The molecule has 0 heterocycles. The molecule has 240 valence electrons. The second kappa shape index (κ2) is 18.2. The van der Waals surface area contributed by atoms with Gasteiger partial charge < -0.3 is 30.3 Å². The molecule has 11 heteroatoms. The van der Waals surface area contributed by atoms with Gasteiger partial charge >= 0.3 is 6.09 Å². The fourth-order valence-corrected chi connectivity index (χ4v) is 4.97. The van der Waals surface area contributed by atoms with Crippen molar-refractivity contribution in [2.45, 2.75) is 111 Å². The third-order valence-electron chi connectivity index (χ3n) is 7.33. The van der Waals surface area contributed by atoms with Crippen molar-refractivity contribution in [1.82, 2.24) is 25.8 Å². The van der Waals surface area contributed by atoms with Gasteiger partial charge in [0.05, 0.1) is 24.6 Å². The number of ether oxygens (including phenoxy) is 2. The van der Waals surface area contributed by atoms with Crippen molar-refractivity contribution in [2.75, 3.05) is 41.3 Å². The van der Waals surface area contributed by atoms with Crippen LogP contribution in [-0.4, -0.2) is 105 Å². The first-order chi connectivity index (χ1) is 18.9. The minimum Gasteiger partial charge on any atom is -0.444 e. The summed E-state index contributed by atoms with van der Waals surface area (Å²) in [5.74, 6) is -0.726. The molecular weight excluding hydrogens is 526 g/mol. The summed E-state index contributed by atoms with van der Waals surface area (Å²) in [5, 5.41) is 8.41. The SMILES string of the molecule is CCC(C)C(C(CC(=O)NC)OC)N(C)C(=O)[C@@H](NC(=O)C(C(C)C)N(C)CCCNC(=O)OC(C)(C)C)C(C)C. The highest BCUT2D eigenvalue weighted by molar-refractivity contribution is 5.90. The van der Waals surface area contributed by atoms with Crippen LogP contribution in [0, 0.1) is 17.8 Å². The zero-order valence-corrected chi connectivity index (χ0v) is 27.9. The molecule has 0 aliphatic heterocycles. The first-order valence-corrected chi connectivity index (χ1v) is 14.9. The van der Waals surface area contributed by atoms with Crippen LogP contribution in [0.3, 0.4) is 0 Å². The molecule has 0 spiro atoms. The van der Waals surface area contributed by atoms with Gasteiger partial charge in [-0.15, -0.1) is 0 Å². The Balaban J connectivity index is 5.63. The van der Waals surface area contributed by atoms with Gasteiger partial charge in [-0.2, -0.15) is 0 Å². The predicted octanol–water partition coefficient (Wildman–Crippen LogP) is 3.02. The van der Waals surface area contributed by atoms with Crippen LogP contribution in [0.4, 0.5) is 4.79 Å². The van der Waals surface area contributed by atoms with Crippen molar-refractivity contribution in [3.8, 4) is 0 Å². The van der Waals surface area contributed by atoms with E-state index in [0.717, 1.165) is 6.42 Å². The Kier molecular flexibility index (Phi) is 17.1. The van der Waals surface area contributed by atoms with Crippen LogP contribution in [0.5, 0.6) is 0 Å². The van der Waals surface area contributed by atoms with Crippen LogP contribution in [0.2, 0.25) is 0 Å². The highest BCUT2D eigenvalue weighted by Gasteiger charge is 2.38. The summed E-state index contributed by atoms with van der Waals surface area (Å²) in [7, 11) is 6.72. The number of nitrogens with zero attached hydrogens (tertiary/aromatic N) is 2. The molecule has 0 saturated heterocycles. The number of carbonyl (C=O) groups excluding carboxylic acids is 4. The predicted molar refractivity (Wildman–Crippen MR) is 162 cm³/mol. The average molecular weight is 586 g/mol. The van der Waals surface area contributed by atoms with E-state index < -0.39 is 29.9 Å². The summed E-state index contributed by atoms with van der Waals surface area (Å²) in [6.07, 6.45) is 0.578. The molecule has 0 aliphatic carbocycles. The Morgan fingerprint density at radius 3 is 1.98 bits per heavy atom. The largest absolute Gasteiger partial charge is 0.444 e. The topological polar surface area (TPSA) is 129 Å². The summed E-state index contributed by atoms with van der Waals surface area (Å²) in [5.41, 5.74) is -0.566. The lowest BCUT2D eigenvalue weighted by Gasteiger charge is -2.40. The third kappa shape index (κ3) is 13.4. The summed E-state index contributed by atoms with van der Waals surface area (Å²) in [4.78, 5) is 55.2. The van der Waals surface area contributed by atoms with Crippen LogP contribution >= 0.6 is 0 Å². The van der Waals surface area contributed by atoms with E-state index in [1.807, 2.05) is 74.3 Å². The van der Waals surface area contributed by atoms with Gasteiger partial charge in [0, 0.05) is 34.3 Å². The van der Waals surface area contributed by atoms with Crippen LogP contribution in [0.25, 0.3) is 0 Å². The number of nitrogens with one attached hydrogen (secondary N) is 3. The van der Waals surface area contributed by atoms with Gasteiger partial charge in [0.15, 0.2) is 0 Å². The number of rotatable bonds is 17. The molecule has 0 aromatic rings. The van der Waals surface area contributed by atoms with Gasteiger partial charge in [-0.1, -0.05) is 48.0 Å². The Bertz CT molecular complexity index is 829. The highest BCUT2D eigenvalue weighted by atomic mass is 16.6. The van der Waals surface area contributed by atoms with Crippen molar-refractivity contribution in [2.24, 2.45) is 17.8 Å². The Labute approximate surface area is 248 Å². The fraction of sp³-hybridized carbons (Fsp3) is 0.867. The molecule has 5 atom stereocenters. The molecule has 0 aromatic carbocycles. The molecule has 0 rings (SSSR count). The molecule has 0 aromatic heterocycles. The van der Waals surface area contributed by atoms with Crippen molar-refractivity contribution < 1.29 is 28.7 Å². The highest BCUT2D eigenvalue weighted by Crippen LogP contribution is 2.23. The molecule has 11 nitrogen and oxygen atoms in total. The van der Waals surface area contributed by atoms with E-state index in [1.54, 1.807) is 26.1 Å². The van der Waals surface area contributed by atoms with Crippen molar-refractivity contribution in [3.63, 3.8) is 0 Å². The number of amides is 4. The molecule has 0 bridgehead atoms. The monoisotopic (exact) mass is 585 g/mol. The zero-order valence-electron chi connectivity index (χ0n) is 27.9. The van der Waals surface area contributed by atoms with Crippen molar-refractivity contribution in [1.29, 1.82) is 0 Å². The molecular formula is C30H59N5O6. The van der Waals surface area contributed by atoms with E-state index in [2.05, 4.69) is 16.0 Å². The van der Waals surface area contributed by atoms with Gasteiger partial charge in [0.25, 0.3) is 0 Å². The lowest BCUT2D eigenvalue weighted by atomic mass is 9.89. The van der Waals surface area contributed by atoms with Crippen LogP contribution < -0.4 is 16.0 Å². The van der Waals surface area contributed by atoms with Crippen LogP contribution in [0.1, 0.15) is 81.6 Å².